The van der Waals surface area contributed by atoms with E-state index >= 15 is 0 Å². The van der Waals surface area contributed by atoms with Crippen LogP contribution in [0.25, 0.3) is 10.3 Å². The molecule has 1 unspecified atom stereocenters. The number of nitrogens with zero attached hydrogens (tertiary/aromatic N) is 2. The summed E-state index contributed by atoms with van der Waals surface area (Å²) in [6.07, 6.45) is 0.948. The molecule has 1 amide bonds. The van der Waals surface area contributed by atoms with E-state index in [-0.39, 0.29) is 5.75 Å². The highest BCUT2D eigenvalue weighted by molar-refractivity contribution is 7.18. The minimum absolute atomic E-state index is 0.282. The Hall–Kier alpha value is -2.81. The van der Waals surface area contributed by atoms with Crippen molar-refractivity contribution in [1.82, 2.24) is 9.97 Å². The normalized spacial score (nSPS) is 12.2. The summed E-state index contributed by atoms with van der Waals surface area (Å²) in [7, 11) is 0. The molecule has 2 heterocycles. The van der Waals surface area contributed by atoms with Crippen molar-refractivity contribution in [3.63, 3.8) is 0 Å². The first-order valence-corrected chi connectivity index (χ1v) is 8.56. The zero-order chi connectivity index (χ0) is 18.8. The zero-order valence-electron chi connectivity index (χ0n) is 14.0. The molecule has 0 radical (unpaired) electrons. The van der Waals surface area contributed by atoms with Crippen molar-refractivity contribution in [1.29, 1.82) is 0 Å². The number of hydrogen-bond donors (Lipinski definition) is 1. The van der Waals surface area contributed by atoms with Gasteiger partial charge in [-0.05, 0) is 26.0 Å². The van der Waals surface area contributed by atoms with Crippen molar-refractivity contribution in [2.45, 2.75) is 20.0 Å². The Kier molecular flexibility index (Phi) is 4.99. The first-order valence-electron chi connectivity index (χ1n) is 7.74. The van der Waals surface area contributed by atoms with Gasteiger partial charge in [-0.3, -0.25) is 4.79 Å². The summed E-state index contributed by atoms with van der Waals surface area (Å²) in [6, 6.07) is 3.79. The van der Waals surface area contributed by atoms with E-state index in [0.717, 1.165) is 12.1 Å². The molecule has 6 nitrogen and oxygen atoms in total. The molecule has 0 saturated carbocycles. The maximum atomic E-state index is 14.3. The number of hydrogen-bond acceptors (Lipinski definition) is 6. The van der Waals surface area contributed by atoms with Crippen LogP contribution in [-0.4, -0.2) is 22.5 Å². The molecule has 0 spiro atoms. The molecule has 0 bridgehead atoms. The first-order chi connectivity index (χ1) is 12.4. The lowest BCUT2D eigenvalue weighted by Crippen LogP contribution is -2.16. The molecule has 0 aliphatic carbocycles. The summed E-state index contributed by atoms with van der Waals surface area (Å²) < 4.78 is 38.8. The van der Waals surface area contributed by atoms with Gasteiger partial charge in [-0.25, -0.2) is 18.7 Å². The molecule has 1 aromatic carbocycles. The van der Waals surface area contributed by atoms with E-state index in [2.05, 4.69) is 9.97 Å². The van der Waals surface area contributed by atoms with Gasteiger partial charge in [0, 0.05) is 6.07 Å². The maximum absolute atomic E-state index is 14.3. The SMILES string of the molecule is CCOc1cnc2sc(C(C)Oc3ccc(F)c(C(N)=O)c3F)nc2c1. The number of primary amides is 1. The van der Waals surface area contributed by atoms with Gasteiger partial charge in [0.25, 0.3) is 5.91 Å². The van der Waals surface area contributed by atoms with Crippen molar-refractivity contribution in [3.8, 4) is 11.5 Å². The Morgan fingerprint density at radius 1 is 1.38 bits per heavy atom. The molecule has 136 valence electrons. The van der Waals surface area contributed by atoms with Crippen molar-refractivity contribution >= 4 is 27.6 Å². The zero-order valence-corrected chi connectivity index (χ0v) is 14.8. The number of nitrogens with two attached hydrogens (primary N) is 1. The quantitative estimate of drug-likeness (QED) is 0.707. The van der Waals surface area contributed by atoms with Gasteiger partial charge in [-0.15, -0.1) is 0 Å². The van der Waals surface area contributed by atoms with E-state index in [1.807, 2.05) is 6.92 Å². The molecule has 1 atom stereocenters. The Morgan fingerprint density at radius 2 is 2.15 bits per heavy atom. The number of fused-ring (bicyclic) bond motifs is 1. The number of ether oxygens (including phenoxy) is 2. The van der Waals surface area contributed by atoms with Crippen LogP contribution in [-0.2, 0) is 0 Å². The van der Waals surface area contributed by atoms with E-state index in [4.69, 9.17) is 15.2 Å². The highest BCUT2D eigenvalue weighted by Crippen LogP contribution is 2.32. The largest absolute Gasteiger partial charge is 0.492 e. The molecule has 0 saturated heterocycles. The Bertz CT molecular complexity index is 977. The third-order valence-electron chi connectivity index (χ3n) is 3.50. The molecule has 2 N–H and O–H groups in total. The lowest BCUT2D eigenvalue weighted by Gasteiger charge is -2.14. The minimum Gasteiger partial charge on any atom is -0.492 e. The van der Waals surface area contributed by atoms with E-state index < -0.39 is 29.2 Å². The van der Waals surface area contributed by atoms with Gasteiger partial charge in [0.2, 0.25) is 0 Å². The molecule has 9 heteroatoms. The van der Waals surface area contributed by atoms with Crippen LogP contribution in [0.3, 0.4) is 0 Å². The molecule has 3 aromatic rings. The summed E-state index contributed by atoms with van der Waals surface area (Å²) in [6.45, 7) is 4.04. The van der Waals surface area contributed by atoms with E-state index in [9.17, 15) is 13.6 Å². The smallest absolute Gasteiger partial charge is 0.254 e. The third kappa shape index (κ3) is 3.43. The van der Waals surface area contributed by atoms with E-state index in [0.29, 0.717) is 27.7 Å². The predicted molar refractivity (Wildman–Crippen MR) is 92.5 cm³/mol. The fourth-order valence-corrected chi connectivity index (χ4v) is 3.20. The summed E-state index contributed by atoms with van der Waals surface area (Å²) in [5.41, 5.74) is 4.81. The molecule has 2 aromatic heterocycles. The second-order valence-electron chi connectivity index (χ2n) is 5.34. The van der Waals surface area contributed by atoms with Gasteiger partial charge in [-0.2, -0.15) is 0 Å². The molecule has 26 heavy (non-hydrogen) atoms. The van der Waals surface area contributed by atoms with Gasteiger partial charge >= 0.3 is 0 Å². The molecular weight excluding hydrogens is 364 g/mol. The predicted octanol–water partition coefficient (Wildman–Crippen LogP) is 3.61. The Morgan fingerprint density at radius 3 is 2.85 bits per heavy atom. The fourth-order valence-electron chi connectivity index (χ4n) is 2.33. The number of rotatable bonds is 6. The second-order valence-corrected chi connectivity index (χ2v) is 6.35. The highest BCUT2D eigenvalue weighted by Gasteiger charge is 2.22. The monoisotopic (exact) mass is 379 g/mol. The van der Waals surface area contributed by atoms with Crippen molar-refractivity contribution in [3.05, 3.63) is 46.6 Å². The lowest BCUT2D eigenvalue weighted by molar-refractivity contribution is 0.0990. The van der Waals surface area contributed by atoms with Crippen molar-refractivity contribution in [2.75, 3.05) is 6.61 Å². The first kappa shape index (κ1) is 18.0. The summed E-state index contributed by atoms with van der Waals surface area (Å²) in [5.74, 6) is -3.06. The average Bonchev–Trinajstić information content (AvgIpc) is 3.01. The highest BCUT2D eigenvalue weighted by atomic mass is 32.1. The number of aromatic nitrogens is 2. The summed E-state index contributed by atoms with van der Waals surface area (Å²) >= 11 is 1.28. The number of carbonyl (C=O) groups is 1. The number of carbonyl (C=O) groups excluding carboxylic acids is 1. The molecule has 3 rings (SSSR count). The lowest BCUT2D eigenvalue weighted by atomic mass is 10.1. The van der Waals surface area contributed by atoms with Crippen LogP contribution in [0.1, 0.15) is 35.3 Å². The summed E-state index contributed by atoms with van der Waals surface area (Å²) in [5, 5.41) is 0.547. The number of thiazole rings is 1. The molecule has 0 aliphatic rings. The van der Waals surface area contributed by atoms with Gasteiger partial charge in [0.15, 0.2) is 11.6 Å². The van der Waals surface area contributed by atoms with Crippen molar-refractivity contribution in [2.24, 2.45) is 5.73 Å². The van der Waals surface area contributed by atoms with Crippen LogP contribution >= 0.6 is 11.3 Å². The van der Waals surface area contributed by atoms with Gasteiger partial charge in [0.1, 0.15) is 38.6 Å². The number of benzene rings is 1. The molecular formula is C17H15F2N3O3S. The van der Waals surface area contributed by atoms with E-state index in [1.54, 1.807) is 19.2 Å². The second kappa shape index (κ2) is 7.20. The standard InChI is InChI=1S/C17H15F2N3O3S/c1-3-24-9-6-11-17(21-7-9)26-16(22-11)8(2)25-12-5-4-10(18)13(14(12)19)15(20)23/h4-8H,3H2,1-2H3,(H2,20,23). The Labute approximate surface area is 151 Å². The molecule has 0 aliphatic heterocycles. The van der Waals surface area contributed by atoms with Crippen LogP contribution in [0, 0.1) is 11.6 Å². The Balaban J connectivity index is 1.88. The molecule has 0 fully saturated rings. The van der Waals surface area contributed by atoms with Crippen LogP contribution in [0.15, 0.2) is 24.4 Å². The van der Waals surface area contributed by atoms with E-state index in [1.165, 1.54) is 11.3 Å². The van der Waals surface area contributed by atoms with Crippen LogP contribution in [0.2, 0.25) is 0 Å². The van der Waals surface area contributed by atoms with Gasteiger partial charge in [-0.1, -0.05) is 11.3 Å². The maximum Gasteiger partial charge on any atom is 0.254 e. The average molecular weight is 379 g/mol. The van der Waals surface area contributed by atoms with Gasteiger partial charge < -0.3 is 15.2 Å². The topological polar surface area (TPSA) is 87.3 Å². The van der Waals surface area contributed by atoms with Crippen LogP contribution in [0.5, 0.6) is 11.5 Å². The third-order valence-corrected chi connectivity index (χ3v) is 4.64. The number of halogens is 2. The number of amides is 1. The number of pyridine rings is 1. The fraction of sp³-hybridized carbons (Fsp3) is 0.235. The minimum atomic E-state index is -1.20. The van der Waals surface area contributed by atoms with Crippen LogP contribution < -0.4 is 15.2 Å². The summed E-state index contributed by atoms with van der Waals surface area (Å²) in [4.78, 5) is 20.6. The van der Waals surface area contributed by atoms with Crippen LogP contribution in [0.4, 0.5) is 8.78 Å². The van der Waals surface area contributed by atoms with Gasteiger partial charge in [0.05, 0.1) is 12.8 Å². The van der Waals surface area contributed by atoms with Crippen molar-refractivity contribution < 1.29 is 23.0 Å².